The number of carbonyl (C=O) groups excluding carboxylic acids is 1. The molecule has 0 bridgehead atoms. The number of hydrogen-bond acceptors (Lipinski definition) is 5. The van der Waals surface area contributed by atoms with Gasteiger partial charge in [-0.05, 0) is 23.8 Å². The van der Waals surface area contributed by atoms with E-state index in [9.17, 15) is 13.6 Å². The summed E-state index contributed by atoms with van der Waals surface area (Å²) < 4.78 is 31.3. The molecule has 2 aromatic heterocycles. The Morgan fingerprint density at radius 1 is 1.31 bits per heavy atom. The van der Waals surface area contributed by atoms with Crippen molar-refractivity contribution in [3.63, 3.8) is 0 Å². The van der Waals surface area contributed by atoms with Gasteiger partial charge in [0.15, 0.2) is 16.8 Å². The van der Waals surface area contributed by atoms with Crippen LogP contribution in [0.2, 0.25) is 0 Å². The van der Waals surface area contributed by atoms with Gasteiger partial charge in [-0.3, -0.25) is 15.0 Å². The molecule has 1 amide bonds. The van der Waals surface area contributed by atoms with Crippen LogP contribution in [0.25, 0.3) is 0 Å². The molecule has 3 aromatic rings. The third-order valence-electron chi connectivity index (χ3n) is 4.20. The Bertz CT molecular complexity index is 940. The van der Waals surface area contributed by atoms with E-state index < -0.39 is 11.6 Å². The Morgan fingerprint density at radius 2 is 2.19 bits per heavy atom. The predicted octanol–water partition coefficient (Wildman–Crippen LogP) is 3.82. The molecule has 0 fully saturated rings. The molecule has 0 unspecified atom stereocenters. The first kappa shape index (κ1) is 16.9. The van der Waals surface area contributed by atoms with Crippen LogP contribution in [0, 0.1) is 11.6 Å². The first-order valence-corrected chi connectivity index (χ1v) is 8.88. The molecule has 3 heterocycles. The molecule has 1 aromatic carbocycles. The van der Waals surface area contributed by atoms with Crippen LogP contribution in [-0.2, 0) is 19.5 Å². The van der Waals surface area contributed by atoms with Crippen molar-refractivity contribution in [3.8, 4) is 0 Å². The number of aromatic nitrogens is 1. The number of anilines is 1. The highest BCUT2D eigenvalue weighted by Gasteiger charge is 2.22. The topological polar surface area (TPSA) is 58.4 Å². The molecule has 26 heavy (non-hydrogen) atoms. The average molecular weight is 375 g/mol. The lowest BCUT2D eigenvalue weighted by atomic mass is 10.1. The van der Waals surface area contributed by atoms with E-state index in [0.29, 0.717) is 23.8 Å². The Kier molecular flexibility index (Phi) is 4.52. The molecular formula is C18H15F2N3O2S. The van der Waals surface area contributed by atoms with E-state index in [1.807, 2.05) is 0 Å². The standard InChI is InChI=1S/C18H15F2N3O2S/c19-13-2-1-11(7-14(13)20)8-23-5-3-15-16(9-23)26-18(21-15)22-17(24)12-4-6-25-10-12/h1-2,4,6-7,10H,3,5,8-9H2,(H,21,22,24). The second kappa shape index (κ2) is 6.97. The first-order valence-electron chi connectivity index (χ1n) is 8.07. The molecular weight excluding hydrogens is 360 g/mol. The Balaban J connectivity index is 1.43. The summed E-state index contributed by atoms with van der Waals surface area (Å²) in [5.41, 5.74) is 2.14. The van der Waals surface area contributed by atoms with E-state index in [2.05, 4.69) is 15.2 Å². The van der Waals surface area contributed by atoms with Crippen LogP contribution in [-0.4, -0.2) is 22.3 Å². The molecule has 0 radical (unpaired) electrons. The molecule has 8 heteroatoms. The third kappa shape index (κ3) is 3.51. The van der Waals surface area contributed by atoms with Gasteiger partial charge in [-0.25, -0.2) is 13.8 Å². The van der Waals surface area contributed by atoms with Crippen LogP contribution in [0.3, 0.4) is 0 Å². The second-order valence-corrected chi connectivity index (χ2v) is 7.15. The minimum Gasteiger partial charge on any atom is -0.472 e. The number of hydrogen-bond donors (Lipinski definition) is 1. The van der Waals surface area contributed by atoms with Gasteiger partial charge in [-0.1, -0.05) is 6.07 Å². The fourth-order valence-corrected chi connectivity index (χ4v) is 3.94. The molecule has 134 valence electrons. The van der Waals surface area contributed by atoms with E-state index in [1.165, 1.54) is 29.9 Å². The number of benzene rings is 1. The van der Waals surface area contributed by atoms with E-state index in [0.717, 1.165) is 35.2 Å². The maximum atomic E-state index is 13.4. The van der Waals surface area contributed by atoms with Crippen LogP contribution < -0.4 is 5.32 Å². The quantitative estimate of drug-likeness (QED) is 0.753. The van der Waals surface area contributed by atoms with E-state index >= 15 is 0 Å². The third-order valence-corrected chi connectivity index (χ3v) is 5.20. The van der Waals surface area contributed by atoms with Crippen LogP contribution in [0.1, 0.15) is 26.5 Å². The molecule has 1 aliphatic rings. The predicted molar refractivity (Wildman–Crippen MR) is 93.0 cm³/mol. The number of halogens is 2. The molecule has 0 atom stereocenters. The van der Waals surface area contributed by atoms with Crippen LogP contribution in [0.5, 0.6) is 0 Å². The summed E-state index contributed by atoms with van der Waals surface area (Å²) in [7, 11) is 0. The van der Waals surface area contributed by atoms with Gasteiger partial charge in [0.05, 0.1) is 17.5 Å². The minimum atomic E-state index is -0.838. The van der Waals surface area contributed by atoms with Gasteiger partial charge in [0, 0.05) is 30.9 Å². The summed E-state index contributed by atoms with van der Waals surface area (Å²) in [6, 6.07) is 5.56. The lowest BCUT2D eigenvalue weighted by Crippen LogP contribution is -2.29. The van der Waals surface area contributed by atoms with Gasteiger partial charge in [-0.15, -0.1) is 11.3 Å². The molecule has 1 N–H and O–H groups in total. The van der Waals surface area contributed by atoms with Crippen molar-refractivity contribution in [2.24, 2.45) is 0 Å². The fourth-order valence-electron chi connectivity index (χ4n) is 2.90. The van der Waals surface area contributed by atoms with E-state index in [-0.39, 0.29) is 5.91 Å². The summed E-state index contributed by atoms with van der Waals surface area (Å²) in [5, 5.41) is 3.33. The highest BCUT2D eigenvalue weighted by Crippen LogP contribution is 2.29. The van der Waals surface area contributed by atoms with E-state index in [1.54, 1.807) is 12.1 Å². The Labute approximate surface area is 152 Å². The van der Waals surface area contributed by atoms with E-state index in [4.69, 9.17) is 4.42 Å². The summed E-state index contributed by atoms with van der Waals surface area (Å²) in [6.07, 6.45) is 3.57. The summed E-state index contributed by atoms with van der Waals surface area (Å²) in [4.78, 5) is 19.8. The number of thiazole rings is 1. The largest absolute Gasteiger partial charge is 0.472 e. The van der Waals surface area contributed by atoms with Gasteiger partial charge >= 0.3 is 0 Å². The van der Waals surface area contributed by atoms with Crippen molar-refractivity contribution >= 4 is 22.4 Å². The maximum absolute atomic E-state index is 13.4. The van der Waals surface area contributed by atoms with Crippen molar-refractivity contribution < 1.29 is 18.0 Å². The molecule has 5 nitrogen and oxygen atoms in total. The summed E-state index contributed by atoms with van der Waals surface area (Å²) in [5.74, 6) is -1.93. The molecule has 4 rings (SSSR count). The first-order chi connectivity index (χ1) is 12.6. The molecule has 1 aliphatic heterocycles. The lowest BCUT2D eigenvalue weighted by molar-refractivity contribution is 0.102. The van der Waals surface area contributed by atoms with Gasteiger partial charge < -0.3 is 4.42 Å². The number of nitrogens with zero attached hydrogens (tertiary/aromatic N) is 2. The molecule has 0 spiro atoms. The van der Waals surface area contributed by atoms with Crippen molar-refractivity contribution in [1.29, 1.82) is 0 Å². The number of amides is 1. The number of fused-ring (bicyclic) bond motifs is 1. The second-order valence-electron chi connectivity index (χ2n) is 6.06. The smallest absolute Gasteiger partial charge is 0.260 e. The monoisotopic (exact) mass is 375 g/mol. The fraction of sp³-hybridized carbons (Fsp3) is 0.222. The van der Waals surface area contributed by atoms with Crippen LogP contribution in [0.15, 0.2) is 41.2 Å². The zero-order valence-corrected chi connectivity index (χ0v) is 14.5. The highest BCUT2D eigenvalue weighted by molar-refractivity contribution is 7.15. The minimum absolute atomic E-state index is 0.261. The Hall–Kier alpha value is -2.58. The molecule has 0 saturated heterocycles. The molecule has 0 saturated carbocycles. The van der Waals surface area contributed by atoms with Crippen LogP contribution in [0.4, 0.5) is 13.9 Å². The Morgan fingerprint density at radius 3 is 2.96 bits per heavy atom. The zero-order valence-electron chi connectivity index (χ0n) is 13.7. The van der Waals surface area contributed by atoms with Crippen LogP contribution >= 0.6 is 11.3 Å². The summed E-state index contributed by atoms with van der Waals surface area (Å²) >= 11 is 1.43. The van der Waals surface area contributed by atoms with Crippen molar-refractivity contribution in [3.05, 3.63) is 70.1 Å². The van der Waals surface area contributed by atoms with Crippen molar-refractivity contribution in [1.82, 2.24) is 9.88 Å². The van der Waals surface area contributed by atoms with Gasteiger partial charge in [0.25, 0.3) is 5.91 Å². The van der Waals surface area contributed by atoms with Crippen molar-refractivity contribution in [2.45, 2.75) is 19.5 Å². The zero-order chi connectivity index (χ0) is 18.1. The number of furan rings is 1. The maximum Gasteiger partial charge on any atom is 0.260 e. The average Bonchev–Trinajstić information content (AvgIpc) is 3.27. The lowest BCUT2D eigenvalue weighted by Gasteiger charge is -2.25. The number of rotatable bonds is 4. The normalized spacial score (nSPS) is 14.2. The summed E-state index contributed by atoms with van der Waals surface area (Å²) in [6.45, 7) is 1.96. The van der Waals surface area contributed by atoms with Gasteiger partial charge in [-0.2, -0.15) is 0 Å². The van der Waals surface area contributed by atoms with Gasteiger partial charge in [0.1, 0.15) is 6.26 Å². The number of nitrogens with one attached hydrogen (secondary N) is 1. The molecule has 0 aliphatic carbocycles. The SMILES string of the molecule is O=C(Nc1nc2c(s1)CN(Cc1ccc(F)c(F)c1)CC2)c1ccoc1. The highest BCUT2D eigenvalue weighted by atomic mass is 32.1. The van der Waals surface area contributed by atoms with Gasteiger partial charge in [0.2, 0.25) is 0 Å². The number of carbonyl (C=O) groups is 1. The van der Waals surface area contributed by atoms with Crippen molar-refractivity contribution in [2.75, 3.05) is 11.9 Å².